The molecule has 0 radical (unpaired) electrons. The van der Waals surface area contributed by atoms with Crippen LogP contribution < -0.4 is 10.6 Å². The molecule has 0 amide bonds. The van der Waals surface area contributed by atoms with Gasteiger partial charge in [-0.2, -0.15) is 0 Å². The van der Waals surface area contributed by atoms with Crippen molar-refractivity contribution >= 4 is 33.3 Å². The maximum absolute atomic E-state index is 5.27. The Bertz CT molecular complexity index is 557. The summed E-state index contributed by atoms with van der Waals surface area (Å²) in [5.41, 5.74) is 2.51. The Morgan fingerprint density at radius 2 is 1.65 bits per heavy atom. The third-order valence-corrected chi connectivity index (χ3v) is 4.00. The van der Waals surface area contributed by atoms with Crippen LogP contribution in [0.3, 0.4) is 0 Å². The molecule has 0 spiro atoms. The van der Waals surface area contributed by atoms with E-state index in [0.29, 0.717) is 5.11 Å². The van der Waals surface area contributed by atoms with Crippen LogP contribution in [-0.2, 0) is 13.0 Å². The highest BCUT2D eigenvalue weighted by Gasteiger charge is 1.99. The minimum atomic E-state index is 0.695. The van der Waals surface area contributed by atoms with Crippen molar-refractivity contribution in [3.8, 4) is 0 Å². The number of halogens is 1. The molecule has 0 saturated heterocycles. The molecule has 2 aromatic carbocycles. The van der Waals surface area contributed by atoms with Crippen molar-refractivity contribution in [2.75, 3.05) is 6.54 Å². The van der Waals surface area contributed by atoms with Crippen LogP contribution in [0.5, 0.6) is 0 Å². The van der Waals surface area contributed by atoms with Crippen LogP contribution in [0.15, 0.2) is 59.1 Å². The summed E-state index contributed by atoms with van der Waals surface area (Å²) in [5, 5.41) is 7.13. The lowest BCUT2D eigenvalue weighted by atomic mass is 10.1. The summed E-state index contributed by atoms with van der Waals surface area (Å²) in [4.78, 5) is 0. The molecule has 0 unspecified atom stereocenters. The molecule has 2 aromatic rings. The quantitative estimate of drug-likeness (QED) is 0.806. The van der Waals surface area contributed by atoms with Gasteiger partial charge in [0.25, 0.3) is 0 Å². The van der Waals surface area contributed by atoms with Gasteiger partial charge in [0.2, 0.25) is 0 Å². The van der Waals surface area contributed by atoms with Crippen molar-refractivity contribution in [3.05, 3.63) is 70.2 Å². The SMILES string of the molecule is S=C(NCCc1ccccc1Br)NCc1ccccc1. The summed E-state index contributed by atoms with van der Waals surface area (Å²) in [6.45, 7) is 1.57. The Morgan fingerprint density at radius 3 is 2.40 bits per heavy atom. The molecule has 0 heterocycles. The molecular formula is C16H17BrN2S. The van der Waals surface area contributed by atoms with Gasteiger partial charge >= 0.3 is 0 Å². The van der Waals surface area contributed by atoms with E-state index in [1.165, 1.54) is 11.1 Å². The van der Waals surface area contributed by atoms with E-state index in [2.05, 4.69) is 50.8 Å². The third kappa shape index (κ3) is 4.94. The Labute approximate surface area is 133 Å². The molecule has 4 heteroatoms. The molecule has 20 heavy (non-hydrogen) atoms. The van der Waals surface area contributed by atoms with Crippen molar-refractivity contribution in [1.29, 1.82) is 0 Å². The average molecular weight is 349 g/mol. The second kappa shape index (κ2) is 8.02. The van der Waals surface area contributed by atoms with Crippen molar-refractivity contribution in [2.24, 2.45) is 0 Å². The molecule has 0 aromatic heterocycles. The molecule has 0 fully saturated rings. The topological polar surface area (TPSA) is 24.1 Å². The highest BCUT2D eigenvalue weighted by atomic mass is 79.9. The zero-order valence-corrected chi connectivity index (χ0v) is 13.5. The zero-order chi connectivity index (χ0) is 14.2. The highest BCUT2D eigenvalue weighted by Crippen LogP contribution is 2.15. The van der Waals surface area contributed by atoms with E-state index >= 15 is 0 Å². The maximum atomic E-state index is 5.27. The van der Waals surface area contributed by atoms with Gasteiger partial charge in [0.05, 0.1) is 0 Å². The summed E-state index contributed by atoms with van der Waals surface area (Å²) in [6, 6.07) is 18.5. The van der Waals surface area contributed by atoms with Gasteiger partial charge in [-0.1, -0.05) is 64.5 Å². The van der Waals surface area contributed by atoms with E-state index in [1.807, 2.05) is 30.3 Å². The van der Waals surface area contributed by atoms with Crippen molar-refractivity contribution in [2.45, 2.75) is 13.0 Å². The maximum Gasteiger partial charge on any atom is 0.166 e. The van der Waals surface area contributed by atoms with Crippen molar-refractivity contribution in [3.63, 3.8) is 0 Å². The normalized spacial score (nSPS) is 10.1. The molecular weight excluding hydrogens is 332 g/mol. The summed E-state index contributed by atoms with van der Waals surface area (Å²) in [6.07, 6.45) is 0.939. The van der Waals surface area contributed by atoms with Gasteiger partial charge in [0, 0.05) is 17.6 Å². The van der Waals surface area contributed by atoms with Crippen LogP contribution in [-0.4, -0.2) is 11.7 Å². The number of rotatable bonds is 5. The second-order valence-electron chi connectivity index (χ2n) is 4.44. The predicted octanol–water partition coefficient (Wildman–Crippen LogP) is 3.66. The Morgan fingerprint density at radius 1 is 0.950 bits per heavy atom. The van der Waals surface area contributed by atoms with E-state index in [0.717, 1.165) is 24.0 Å². The lowest BCUT2D eigenvalue weighted by Crippen LogP contribution is -2.35. The van der Waals surface area contributed by atoms with Crippen LogP contribution in [0, 0.1) is 0 Å². The fourth-order valence-electron chi connectivity index (χ4n) is 1.85. The zero-order valence-electron chi connectivity index (χ0n) is 11.1. The molecule has 0 saturated carbocycles. The monoisotopic (exact) mass is 348 g/mol. The summed E-state index contributed by atoms with van der Waals surface area (Å²) in [7, 11) is 0. The van der Waals surface area contributed by atoms with E-state index in [9.17, 15) is 0 Å². The fourth-order valence-corrected chi connectivity index (χ4v) is 2.51. The first-order valence-corrected chi connectivity index (χ1v) is 7.75. The lowest BCUT2D eigenvalue weighted by molar-refractivity contribution is 0.813. The Balaban J connectivity index is 1.69. The van der Waals surface area contributed by atoms with E-state index in [4.69, 9.17) is 12.2 Å². The Hall–Kier alpha value is -1.39. The first-order valence-electron chi connectivity index (χ1n) is 6.55. The minimum absolute atomic E-state index is 0.695. The largest absolute Gasteiger partial charge is 0.362 e. The number of benzene rings is 2. The van der Waals surface area contributed by atoms with E-state index in [1.54, 1.807) is 0 Å². The number of nitrogens with one attached hydrogen (secondary N) is 2. The molecule has 0 aliphatic rings. The van der Waals surface area contributed by atoms with Gasteiger partial charge in [-0.3, -0.25) is 0 Å². The Kier molecular flexibility index (Phi) is 6.02. The van der Waals surface area contributed by atoms with Gasteiger partial charge in [0.1, 0.15) is 0 Å². The smallest absolute Gasteiger partial charge is 0.166 e. The van der Waals surface area contributed by atoms with Crippen molar-refractivity contribution in [1.82, 2.24) is 10.6 Å². The van der Waals surface area contributed by atoms with Crippen LogP contribution in [0.2, 0.25) is 0 Å². The molecule has 0 aliphatic carbocycles. The molecule has 2 N–H and O–H groups in total. The van der Waals surface area contributed by atoms with E-state index < -0.39 is 0 Å². The molecule has 0 bridgehead atoms. The standard InChI is InChI=1S/C16H17BrN2S/c17-15-9-5-4-8-14(15)10-11-18-16(20)19-12-13-6-2-1-3-7-13/h1-9H,10-12H2,(H2,18,19,20). The lowest BCUT2D eigenvalue weighted by Gasteiger charge is -2.11. The van der Waals surface area contributed by atoms with Crippen molar-refractivity contribution < 1.29 is 0 Å². The van der Waals surface area contributed by atoms with Gasteiger partial charge in [-0.05, 0) is 35.8 Å². The summed E-state index contributed by atoms with van der Waals surface area (Å²) >= 11 is 8.82. The van der Waals surface area contributed by atoms with Gasteiger partial charge in [-0.15, -0.1) is 0 Å². The number of hydrogen-bond donors (Lipinski definition) is 2. The molecule has 2 nitrogen and oxygen atoms in total. The van der Waals surface area contributed by atoms with E-state index in [-0.39, 0.29) is 0 Å². The highest BCUT2D eigenvalue weighted by molar-refractivity contribution is 9.10. The molecule has 104 valence electrons. The fraction of sp³-hybridized carbons (Fsp3) is 0.188. The third-order valence-electron chi connectivity index (χ3n) is 2.93. The average Bonchev–Trinajstić information content (AvgIpc) is 2.48. The van der Waals surface area contributed by atoms with Crippen LogP contribution in [0.4, 0.5) is 0 Å². The second-order valence-corrected chi connectivity index (χ2v) is 5.70. The van der Waals surface area contributed by atoms with Crippen LogP contribution in [0.25, 0.3) is 0 Å². The van der Waals surface area contributed by atoms with Crippen LogP contribution >= 0.6 is 28.1 Å². The predicted molar refractivity (Wildman–Crippen MR) is 91.7 cm³/mol. The molecule has 0 aliphatic heterocycles. The summed E-state index contributed by atoms with van der Waals surface area (Å²) in [5.74, 6) is 0. The number of hydrogen-bond acceptors (Lipinski definition) is 1. The minimum Gasteiger partial charge on any atom is -0.362 e. The first kappa shape index (κ1) is 15.0. The summed E-state index contributed by atoms with van der Waals surface area (Å²) < 4.78 is 1.14. The number of thiocarbonyl (C=S) groups is 1. The van der Waals surface area contributed by atoms with Crippen LogP contribution in [0.1, 0.15) is 11.1 Å². The van der Waals surface area contributed by atoms with Gasteiger partial charge < -0.3 is 10.6 Å². The van der Waals surface area contributed by atoms with Gasteiger partial charge in [0.15, 0.2) is 5.11 Å². The molecule has 2 rings (SSSR count). The van der Waals surface area contributed by atoms with Gasteiger partial charge in [-0.25, -0.2) is 0 Å². The first-order chi connectivity index (χ1) is 9.75. The molecule has 0 atom stereocenters.